The van der Waals surface area contributed by atoms with Gasteiger partial charge in [-0.1, -0.05) is 23.7 Å². The monoisotopic (exact) mass is 272 g/mol. The maximum absolute atomic E-state index is 9.61. The summed E-state index contributed by atoms with van der Waals surface area (Å²) in [7, 11) is 0. The lowest BCUT2D eigenvalue weighted by Crippen LogP contribution is -2.09. The summed E-state index contributed by atoms with van der Waals surface area (Å²) in [6.07, 6.45) is 0. The molecule has 2 aromatic carbocycles. The Morgan fingerprint density at radius 3 is 2.79 bits per heavy atom. The van der Waals surface area contributed by atoms with Crippen molar-refractivity contribution >= 4 is 22.7 Å². The molecule has 0 unspecified atom stereocenters. The molecule has 0 saturated heterocycles. The van der Waals surface area contributed by atoms with E-state index in [0.717, 1.165) is 28.0 Å². The predicted octanol–water partition coefficient (Wildman–Crippen LogP) is 4.37. The van der Waals surface area contributed by atoms with Crippen molar-refractivity contribution in [3.8, 4) is 11.5 Å². The molecule has 0 atom stereocenters. The van der Waals surface area contributed by atoms with Crippen LogP contribution in [0.2, 0.25) is 5.02 Å². The van der Waals surface area contributed by atoms with E-state index in [1.54, 1.807) is 18.2 Å². The molecule has 1 N–H and O–H groups in total. The quantitative estimate of drug-likeness (QED) is 0.835. The first kappa shape index (κ1) is 12.1. The van der Waals surface area contributed by atoms with Gasteiger partial charge in [-0.05, 0) is 48.4 Å². The normalized spacial score (nSPS) is 14.0. The third-order valence-electron chi connectivity index (χ3n) is 3.36. The molecule has 0 bridgehead atoms. The predicted molar refractivity (Wildman–Crippen MR) is 77.5 cm³/mol. The summed E-state index contributed by atoms with van der Waals surface area (Å²) < 4.78 is 5.74. The molecule has 1 aliphatic heterocycles. The molecule has 3 rings (SSSR count). The Morgan fingerprint density at radius 1 is 1.16 bits per heavy atom. The summed E-state index contributed by atoms with van der Waals surface area (Å²) in [5.74, 6) is 1.05. The SMILES string of the molecule is CC1=C(c2cccc(Cl)c2)COc2ccc(O)cc21. The van der Waals surface area contributed by atoms with Crippen molar-refractivity contribution in [1.82, 2.24) is 0 Å². The van der Waals surface area contributed by atoms with E-state index in [-0.39, 0.29) is 5.75 Å². The largest absolute Gasteiger partial charge is 0.508 e. The number of allylic oxidation sites excluding steroid dienone is 1. The van der Waals surface area contributed by atoms with Crippen LogP contribution < -0.4 is 4.74 Å². The van der Waals surface area contributed by atoms with Crippen LogP contribution in [0.15, 0.2) is 42.5 Å². The first-order chi connectivity index (χ1) is 9.15. The molecule has 0 aliphatic carbocycles. The zero-order chi connectivity index (χ0) is 13.4. The van der Waals surface area contributed by atoms with E-state index >= 15 is 0 Å². The minimum absolute atomic E-state index is 0.244. The molecular weight excluding hydrogens is 260 g/mol. The fraction of sp³-hybridized carbons (Fsp3) is 0.125. The molecule has 0 fully saturated rings. The van der Waals surface area contributed by atoms with Gasteiger partial charge in [0.2, 0.25) is 0 Å². The number of fused-ring (bicyclic) bond motifs is 1. The molecular formula is C16H13ClO2. The summed E-state index contributed by atoms with van der Waals surface area (Å²) in [5, 5.41) is 10.3. The highest BCUT2D eigenvalue weighted by Crippen LogP contribution is 2.38. The lowest BCUT2D eigenvalue weighted by molar-refractivity contribution is 0.363. The van der Waals surface area contributed by atoms with Crippen LogP contribution >= 0.6 is 11.6 Å². The lowest BCUT2D eigenvalue weighted by Gasteiger charge is -2.22. The average molecular weight is 273 g/mol. The summed E-state index contributed by atoms with van der Waals surface area (Å²) in [4.78, 5) is 0. The van der Waals surface area contributed by atoms with Gasteiger partial charge in [0.15, 0.2) is 0 Å². The Bertz CT molecular complexity index is 674. The third kappa shape index (κ3) is 2.20. The van der Waals surface area contributed by atoms with Gasteiger partial charge >= 0.3 is 0 Å². The van der Waals surface area contributed by atoms with Crippen LogP contribution in [0.25, 0.3) is 11.1 Å². The van der Waals surface area contributed by atoms with E-state index in [4.69, 9.17) is 16.3 Å². The minimum Gasteiger partial charge on any atom is -0.508 e. The summed E-state index contributed by atoms with van der Waals surface area (Å²) in [5.41, 5.74) is 4.19. The van der Waals surface area contributed by atoms with E-state index in [1.807, 2.05) is 31.2 Å². The number of hydrogen-bond donors (Lipinski definition) is 1. The van der Waals surface area contributed by atoms with Crippen LogP contribution in [-0.4, -0.2) is 11.7 Å². The van der Waals surface area contributed by atoms with Gasteiger partial charge in [0.1, 0.15) is 18.1 Å². The third-order valence-corrected chi connectivity index (χ3v) is 3.60. The number of ether oxygens (including phenoxy) is 1. The summed E-state index contributed by atoms with van der Waals surface area (Å²) in [6, 6.07) is 12.9. The van der Waals surface area contributed by atoms with Crippen molar-refractivity contribution in [1.29, 1.82) is 0 Å². The standard InChI is InChI=1S/C16H13ClO2/c1-10-14-8-13(18)5-6-16(14)19-9-15(10)11-3-2-4-12(17)7-11/h2-8,18H,9H2,1H3. The number of hydrogen-bond acceptors (Lipinski definition) is 2. The smallest absolute Gasteiger partial charge is 0.127 e. The van der Waals surface area contributed by atoms with Gasteiger partial charge in [-0.25, -0.2) is 0 Å². The van der Waals surface area contributed by atoms with Gasteiger partial charge in [0, 0.05) is 16.2 Å². The highest BCUT2D eigenvalue weighted by atomic mass is 35.5. The molecule has 19 heavy (non-hydrogen) atoms. The topological polar surface area (TPSA) is 29.5 Å². The zero-order valence-electron chi connectivity index (χ0n) is 10.5. The second-order valence-electron chi connectivity index (χ2n) is 4.58. The van der Waals surface area contributed by atoms with Crippen LogP contribution in [0.4, 0.5) is 0 Å². The first-order valence-electron chi connectivity index (χ1n) is 6.07. The van der Waals surface area contributed by atoms with E-state index < -0.39 is 0 Å². The summed E-state index contributed by atoms with van der Waals surface area (Å²) in [6.45, 7) is 2.56. The Hall–Kier alpha value is -1.93. The van der Waals surface area contributed by atoms with Crippen LogP contribution in [0.3, 0.4) is 0 Å². The summed E-state index contributed by atoms with van der Waals surface area (Å²) >= 11 is 6.03. The Balaban J connectivity index is 2.15. The van der Waals surface area contributed by atoms with Crippen molar-refractivity contribution in [3.05, 3.63) is 58.6 Å². The Labute approximate surface area is 116 Å². The van der Waals surface area contributed by atoms with Crippen molar-refractivity contribution < 1.29 is 9.84 Å². The minimum atomic E-state index is 0.244. The maximum atomic E-state index is 9.61. The highest BCUT2D eigenvalue weighted by molar-refractivity contribution is 6.30. The van der Waals surface area contributed by atoms with E-state index in [2.05, 4.69) is 0 Å². The number of benzene rings is 2. The van der Waals surface area contributed by atoms with Crippen molar-refractivity contribution in [2.75, 3.05) is 6.61 Å². The average Bonchev–Trinajstić information content (AvgIpc) is 2.40. The fourth-order valence-electron chi connectivity index (χ4n) is 2.33. The van der Waals surface area contributed by atoms with Crippen LogP contribution in [0, 0.1) is 0 Å². The van der Waals surface area contributed by atoms with Crippen LogP contribution in [0.5, 0.6) is 11.5 Å². The second-order valence-corrected chi connectivity index (χ2v) is 5.02. The lowest BCUT2D eigenvalue weighted by atomic mass is 9.93. The van der Waals surface area contributed by atoms with Gasteiger partial charge in [0.05, 0.1) is 0 Å². The van der Waals surface area contributed by atoms with Crippen LogP contribution in [0.1, 0.15) is 18.1 Å². The maximum Gasteiger partial charge on any atom is 0.127 e. The molecule has 2 aromatic rings. The van der Waals surface area contributed by atoms with Gasteiger partial charge in [0.25, 0.3) is 0 Å². The highest BCUT2D eigenvalue weighted by Gasteiger charge is 2.18. The molecule has 96 valence electrons. The number of rotatable bonds is 1. The number of phenols is 1. The van der Waals surface area contributed by atoms with E-state index in [0.29, 0.717) is 11.6 Å². The number of aromatic hydroxyl groups is 1. The van der Waals surface area contributed by atoms with E-state index in [9.17, 15) is 5.11 Å². The second kappa shape index (κ2) is 4.63. The molecule has 0 saturated carbocycles. The van der Waals surface area contributed by atoms with Crippen molar-refractivity contribution in [2.45, 2.75) is 6.92 Å². The molecule has 0 spiro atoms. The van der Waals surface area contributed by atoms with E-state index in [1.165, 1.54) is 0 Å². The van der Waals surface area contributed by atoms with Gasteiger partial charge < -0.3 is 9.84 Å². The zero-order valence-corrected chi connectivity index (χ0v) is 11.2. The first-order valence-corrected chi connectivity index (χ1v) is 6.45. The Kier molecular flexibility index (Phi) is 2.96. The Morgan fingerprint density at radius 2 is 2.00 bits per heavy atom. The van der Waals surface area contributed by atoms with Gasteiger partial charge in [-0.2, -0.15) is 0 Å². The van der Waals surface area contributed by atoms with Crippen LogP contribution in [-0.2, 0) is 0 Å². The molecule has 2 nitrogen and oxygen atoms in total. The number of phenolic OH excluding ortho intramolecular Hbond substituents is 1. The molecule has 3 heteroatoms. The van der Waals surface area contributed by atoms with Gasteiger partial charge in [-0.15, -0.1) is 0 Å². The number of halogens is 1. The molecule has 1 aliphatic rings. The van der Waals surface area contributed by atoms with Crippen molar-refractivity contribution in [2.24, 2.45) is 0 Å². The molecule has 0 radical (unpaired) electrons. The fourth-order valence-corrected chi connectivity index (χ4v) is 2.52. The van der Waals surface area contributed by atoms with Gasteiger partial charge in [-0.3, -0.25) is 0 Å². The molecule has 0 aromatic heterocycles. The van der Waals surface area contributed by atoms with Crippen molar-refractivity contribution in [3.63, 3.8) is 0 Å². The molecule has 0 amide bonds. The molecule has 1 heterocycles.